The molecule has 0 fully saturated rings. The highest BCUT2D eigenvalue weighted by Gasteiger charge is 2.32. The van der Waals surface area contributed by atoms with Crippen LogP contribution in [0.1, 0.15) is 11.3 Å². The molecule has 18 heavy (non-hydrogen) atoms. The molecule has 0 atom stereocenters. The zero-order valence-electron chi connectivity index (χ0n) is 8.98. The van der Waals surface area contributed by atoms with Gasteiger partial charge in [0, 0.05) is 16.6 Å². The lowest BCUT2D eigenvalue weighted by Gasteiger charge is -2.10. The summed E-state index contributed by atoms with van der Waals surface area (Å²) in [5.41, 5.74) is 0.237. The molecule has 0 saturated heterocycles. The molecule has 1 aromatic heterocycles. The lowest BCUT2D eigenvalue weighted by molar-refractivity contribution is -0.137. The van der Waals surface area contributed by atoms with Crippen molar-refractivity contribution in [1.29, 1.82) is 0 Å². The minimum Gasteiger partial charge on any atom is -0.241 e. The second kappa shape index (κ2) is 4.72. The van der Waals surface area contributed by atoms with Crippen LogP contribution in [0.2, 0.25) is 10.0 Å². The smallest absolute Gasteiger partial charge is 0.241 e. The SMILES string of the molecule is Cc1csc(-c2c(Cl)cc(C(F)(F)F)cc2Cl)n1. The highest BCUT2D eigenvalue weighted by atomic mass is 35.5. The summed E-state index contributed by atoms with van der Waals surface area (Å²) >= 11 is 13.0. The number of aryl methyl sites for hydroxylation is 1. The van der Waals surface area contributed by atoms with Crippen molar-refractivity contribution >= 4 is 34.5 Å². The van der Waals surface area contributed by atoms with Gasteiger partial charge in [0.2, 0.25) is 0 Å². The van der Waals surface area contributed by atoms with E-state index in [1.165, 1.54) is 11.3 Å². The summed E-state index contributed by atoms with van der Waals surface area (Å²) in [5.74, 6) is 0. The lowest BCUT2D eigenvalue weighted by atomic mass is 10.1. The number of aromatic nitrogens is 1. The number of alkyl halides is 3. The molecule has 1 nitrogen and oxygen atoms in total. The van der Waals surface area contributed by atoms with Crippen LogP contribution in [0.3, 0.4) is 0 Å². The third kappa shape index (κ3) is 2.63. The van der Waals surface area contributed by atoms with E-state index >= 15 is 0 Å². The number of rotatable bonds is 1. The summed E-state index contributed by atoms with van der Waals surface area (Å²) in [6.07, 6.45) is -4.47. The molecule has 2 rings (SSSR count). The number of halogens is 5. The Morgan fingerprint density at radius 2 is 1.72 bits per heavy atom. The van der Waals surface area contributed by atoms with E-state index in [1.54, 1.807) is 12.3 Å². The van der Waals surface area contributed by atoms with Gasteiger partial charge in [-0.15, -0.1) is 11.3 Å². The van der Waals surface area contributed by atoms with Crippen LogP contribution >= 0.6 is 34.5 Å². The average Bonchev–Trinajstić information content (AvgIpc) is 2.62. The first-order chi connectivity index (χ1) is 8.29. The predicted octanol–water partition coefficient (Wildman–Crippen LogP) is 5.44. The molecule has 1 aromatic carbocycles. The Labute approximate surface area is 115 Å². The molecule has 0 aliphatic heterocycles. The van der Waals surface area contributed by atoms with Gasteiger partial charge in [-0.1, -0.05) is 23.2 Å². The quantitative estimate of drug-likeness (QED) is 0.683. The lowest BCUT2D eigenvalue weighted by Crippen LogP contribution is -2.05. The molecule has 0 amide bonds. The van der Waals surface area contributed by atoms with Crippen LogP contribution < -0.4 is 0 Å². The maximum atomic E-state index is 12.6. The van der Waals surface area contributed by atoms with E-state index in [0.717, 1.165) is 17.8 Å². The van der Waals surface area contributed by atoms with E-state index in [4.69, 9.17) is 23.2 Å². The van der Waals surface area contributed by atoms with Gasteiger partial charge in [0.15, 0.2) is 0 Å². The van der Waals surface area contributed by atoms with Crippen molar-refractivity contribution in [1.82, 2.24) is 4.98 Å². The summed E-state index contributed by atoms with van der Waals surface area (Å²) in [4.78, 5) is 4.16. The second-order valence-corrected chi connectivity index (χ2v) is 5.28. The minimum absolute atomic E-state index is 0.0517. The summed E-state index contributed by atoms with van der Waals surface area (Å²) in [5, 5.41) is 2.18. The van der Waals surface area contributed by atoms with Crippen LogP contribution in [0.4, 0.5) is 13.2 Å². The highest BCUT2D eigenvalue weighted by Crippen LogP contribution is 2.41. The van der Waals surface area contributed by atoms with Gasteiger partial charge in [0.25, 0.3) is 0 Å². The van der Waals surface area contributed by atoms with Crippen LogP contribution in [0.5, 0.6) is 0 Å². The Balaban J connectivity index is 2.58. The third-order valence-electron chi connectivity index (χ3n) is 2.20. The average molecular weight is 312 g/mol. The van der Waals surface area contributed by atoms with Crippen molar-refractivity contribution < 1.29 is 13.2 Å². The van der Waals surface area contributed by atoms with E-state index in [2.05, 4.69) is 4.98 Å². The zero-order chi connectivity index (χ0) is 13.5. The molecular weight excluding hydrogens is 306 g/mol. The number of hydrogen-bond acceptors (Lipinski definition) is 2. The van der Waals surface area contributed by atoms with Gasteiger partial charge in [0.05, 0.1) is 15.6 Å². The Bertz CT molecular complexity index is 569. The number of thiazole rings is 1. The molecule has 1 heterocycles. The van der Waals surface area contributed by atoms with Gasteiger partial charge < -0.3 is 0 Å². The van der Waals surface area contributed by atoms with E-state index in [0.29, 0.717) is 10.6 Å². The Morgan fingerprint density at radius 1 is 1.17 bits per heavy atom. The van der Waals surface area contributed by atoms with Crippen molar-refractivity contribution in [3.05, 3.63) is 38.8 Å². The minimum atomic E-state index is -4.47. The van der Waals surface area contributed by atoms with E-state index in [-0.39, 0.29) is 10.0 Å². The van der Waals surface area contributed by atoms with Crippen molar-refractivity contribution in [2.24, 2.45) is 0 Å². The van der Waals surface area contributed by atoms with Crippen molar-refractivity contribution in [3.63, 3.8) is 0 Å². The zero-order valence-corrected chi connectivity index (χ0v) is 11.3. The summed E-state index contributed by atoms with van der Waals surface area (Å²) < 4.78 is 37.7. The van der Waals surface area contributed by atoms with E-state index < -0.39 is 11.7 Å². The summed E-state index contributed by atoms with van der Waals surface area (Å²) in [7, 11) is 0. The molecule has 0 N–H and O–H groups in total. The molecule has 0 spiro atoms. The molecule has 96 valence electrons. The van der Waals surface area contributed by atoms with Crippen LogP contribution in [-0.4, -0.2) is 4.98 Å². The normalized spacial score (nSPS) is 11.9. The number of hydrogen-bond donors (Lipinski definition) is 0. The Hall–Kier alpha value is -0.780. The molecule has 0 aliphatic rings. The summed E-state index contributed by atoms with van der Waals surface area (Å²) in [6, 6.07) is 1.72. The monoisotopic (exact) mass is 311 g/mol. The molecule has 0 aliphatic carbocycles. The molecule has 0 saturated carbocycles. The third-order valence-corrected chi connectivity index (χ3v) is 3.78. The van der Waals surface area contributed by atoms with E-state index in [1.807, 2.05) is 0 Å². The van der Waals surface area contributed by atoms with Gasteiger partial charge in [-0.2, -0.15) is 13.2 Å². The largest absolute Gasteiger partial charge is 0.416 e. The summed E-state index contributed by atoms with van der Waals surface area (Å²) in [6.45, 7) is 1.78. The highest BCUT2D eigenvalue weighted by molar-refractivity contribution is 7.13. The standard InChI is InChI=1S/C11H6Cl2F3NS/c1-5-4-18-10(17-5)9-7(12)2-6(3-8(9)13)11(14,15)16/h2-4H,1H3. The molecule has 0 radical (unpaired) electrons. The van der Waals surface area contributed by atoms with Gasteiger partial charge >= 0.3 is 6.18 Å². The molecule has 0 unspecified atom stereocenters. The van der Waals surface area contributed by atoms with Gasteiger partial charge in [-0.25, -0.2) is 4.98 Å². The van der Waals surface area contributed by atoms with Crippen molar-refractivity contribution in [2.75, 3.05) is 0 Å². The molecule has 2 aromatic rings. The fourth-order valence-corrected chi connectivity index (χ4v) is 3.06. The first-order valence-corrected chi connectivity index (χ1v) is 6.41. The predicted molar refractivity (Wildman–Crippen MR) is 67.3 cm³/mol. The first-order valence-electron chi connectivity index (χ1n) is 4.78. The van der Waals surface area contributed by atoms with Crippen molar-refractivity contribution in [3.8, 4) is 10.6 Å². The topological polar surface area (TPSA) is 12.9 Å². The maximum absolute atomic E-state index is 12.6. The van der Waals surface area contributed by atoms with Gasteiger partial charge in [0.1, 0.15) is 5.01 Å². The number of benzene rings is 1. The van der Waals surface area contributed by atoms with Crippen LogP contribution in [0, 0.1) is 6.92 Å². The Kier molecular flexibility index (Phi) is 3.58. The fourth-order valence-electron chi connectivity index (χ4n) is 1.41. The number of nitrogens with zero attached hydrogens (tertiary/aromatic N) is 1. The molecular formula is C11H6Cl2F3NS. The van der Waals surface area contributed by atoms with Gasteiger partial charge in [-0.3, -0.25) is 0 Å². The van der Waals surface area contributed by atoms with Crippen LogP contribution in [0.15, 0.2) is 17.5 Å². The van der Waals surface area contributed by atoms with Gasteiger partial charge in [-0.05, 0) is 19.1 Å². The van der Waals surface area contributed by atoms with Crippen LogP contribution in [-0.2, 0) is 6.18 Å². The maximum Gasteiger partial charge on any atom is 0.416 e. The van der Waals surface area contributed by atoms with Crippen LogP contribution in [0.25, 0.3) is 10.6 Å². The molecule has 7 heteroatoms. The van der Waals surface area contributed by atoms with Crippen molar-refractivity contribution in [2.45, 2.75) is 13.1 Å². The Morgan fingerprint density at radius 3 is 2.11 bits per heavy atom. The first kappa shape index (κ1) is 13.6. The van der Waals surface area contributed by atoms with E-state index in [9.17, 15) is 13.2 Å². The second-order valence-electron chi connectivity index (χ2n) is 3.61. The molecule has 0 bridgehead atoms. The fraction of sp³-hybridized carbons (Fsp3) is 0.182.